The number of H-pyrrole nitrogens is 1. The van der Waals surface area contributed by atoms with Gasteiger partial charge in [0.1, 0.15) is 23.6 Å². The molecule has 3 atom stereocenters. The number of anilines is 1. The number of aryl methyl sites for hydroxylation is 1. The van der Waals surface area contributed by atoms with Crippen LogP contribution in [0, 0.1) is 19.7 Å². The van der Waals surface area contributed by atoms with Gasteiger partial charge in [-0.15, -0.1) is 0 Å². The number of hydrogen-bond donors (Lipinski definition) is 2. The number of hydrogen-bond acceptors (Lipinski definition) is 8. The van der Waals surface area contributed by atoms with Crippen molar-refractivity contribution in [1.29, 1.82) is 0 Å². The molecular weight excluding hydrogens is 533 g/mol. The molecule has 2 bridgehead atoms. The molecule has 6 heterocycles. The van der Waals surface area contributed by atoms with Gasteiger partial charge in [-0.3, -0.25) is 10.1 Å². The number of alkyl halides is 2. The minimum absolute atomic E-state index is 0.0373. The smallest absolute Gasteiger partial charge is 0.319 e. The first-order valence-corrected chi connectivity index (χ1v) is 14.2. The van der Waals surface area contributed by atoms with E-state index in [9.17, 15) is 8.78 Å². The van der Waals surface area contributed by atoms with Gasteiger partial charge in [-0.2, -0.15) is 15.1 Å². The zero-order valence-corrected chi connectivity index (χ0v) is 23.3. The molecule has 12 heteroatoms. The van der Waals surface area contributed by atoms with Crippen LogP contribution in [0.2, 0.25) is 0 Å². The molecular formula is C29H33F3N8O. The third kappa shape index (κ3) is 4.30. The molecule has 1 aromatic carbocycles. The Balaban J connectivity index is 1.37. The highest BCUT2D eigenvalue weighted by Gasteiger charge is 2.51. The number of piperazine rings is 1. The van der Waals surface area contributed by atoms with E-state index in [2.05, 4.69) is 30.4 Å². The Kier molecular flexibility index (Phi) is 6.31. The number of likely N-dealkylation sites (N-methyl/N-ethyl adjacent to an activating group) is 1. The first-order valence-electron chi connectivity index (χ1n) is 14.2. The molecule has 3 unspecified atom stereocenters. The number of nitrogens with one attached hydrogen (secondary N) is 2. The monoisotopic (exact) mass is 566 g/mol. The molecule has 9 nitrogen and oxygen atoms in total. The fourth-order valence-electron chi connectivity index (χ4n) is 6.81. The second-order valence-corrected chi connectivity index (χ2v) is 11.8. The Morgan fingerprint density at radius 3 is 2.80 bits per heavy atom. The van der Waals surface area contributed by atoms with Crippen molar-refractivity contribution in [1.82, 2.24) is 35.4 Å². The van der Waals surface area contributed by atoms with Gasteiger partial charge in [0.15, 0.2) is 5.82 Å². The van der Waals surface area contributed by atoms with Crippen molar-refractivity contribution in [3.8, 4) is 17.3 Å². The molecule has 3 aliphatic heterocycles. The number of halogens is 3. The number of aromatic nitrogens is 5. The molecule has 0 amide bonds. The second-order valence-electron chi connectivity index (χ2n) is 11.8. The van der Waals surface area contributed by atoms with E-state index in [1.54, 1.807) is 12.4 Å². The van der Waals surface area contributed by atoms with Crippen LogP contribution in [0.3, 0.4) is 0 Å². The van der Waals surface area contributed by atoms with Crippen LogP contribution in [0.15, 0.2) is 18.5 Å². The van der Waals surface area contributed by atoms with E-state index < -0.39 is 17.8 Å². The number of likely N-dealkylation sites (tertiary alicyclic amines) is 1. The number of nitrogens with zero attached hydrogens (tertiary/aromatic N) is 6. The number of benzene rings is 1. The van der Waals surface area contributed by atoms with Crippen molar-refractivity contribution in [2.24, 2.45) is 0 Å². The predicted octanol–water partition coefficient (Wildman–Crippen LogP) is 4.37. The maximum Gasteiger partial charge on any atom is 0.319 e. The zero-order valence-electron chi connectivity index (χ0n) is 23.3. The van der Waals surface area contributed by atoms with Gasteiger partial charge in [0.25, 0.3) is 6.43 Å². The molecule has 0 spiro atoms. The summed E-state index contributed by atoms with van der Waals surface area (Å²) in [5.41, 5.74) is 2.17. The van der Waals surface area contributed by atoms with Gasteiger partial charge in [0.05, 0.1) is 22.6 Å². The Labute approximate surface area is 235 Å². The molecule has 0 aliphatic carbocycles. The van der Waals surface area contributed by atoms with Crippen LogP contribution in [0.4, 0.5) is 19.0 Å². The van der Waals surface area contributed by atoms with E-state index >= 15 is 4.39 Å². The SMILES string of the molecule is Cc1cc2[nH]ncc2c(-c2ncc3c(N4CC5CCC(C(F)F)(C4)N5)nc(OCC4CCCN4C)nc3c2F)c1C. The fraction of sp³-hybridized carbons (Fsp3) is 0.517. The summed E-state index contributed by atoms with van der Waals surface area (Å²) in [5.74, 6) is -0.234. The van der Waals surface area contributed by atoms with Crippen LogP contribution >= 0.6 is 0 Å². The molecule has 3 aliphatic rings. The normalized spacial score (nSPS) is 24.8. The molecule has 0 radical (unpaired) electrons. The quantitative estimate of drug-likeness (QED) is 0.355. The summed E-state index contributed by atoms with van der Waals surface area (Å²) in [6.45, 7) is 5.76. The Morgan fingerprint density at radius 1 is 1.17 bits per heavy atom. The van der Waals surface area contributed by atoms with Crippen molar-refractivity contribution in [2.45, 2.75) is 63.6 Å². The molecule has 216 valence electrons. The van der Waals surface area contributed by atoms with Crippen LogP contribution < -0.4 is 15.0 Å². The van der Waals surface area contributed by atoms with E-state index in [0.717, 1.165) is 41.4 Å². The van der Waals surface area contributed by atoms with Crippen molar-refractivity contribution < 1.29 is 17.9 Å². The third-order valence-corrected chi connectivity index (χ3v) is 9.28. The highest BCUT2D eigenvalue weighted by atomic mass is 19.3. The Bertz CT molecular complexity index is 1640. The summed E-state index contributed by atoms with van der Waals surface area (Å²) in [5, 5.41) is 11.4. The number of rotatable bonds is 6. The minimum Gasteiger partial charge on any atom is -0.462 e. The molecule has 2 N–H and O–H groups in total. The second kappa shape index (κ2) is 9.80. The Morgan fingerprint density at radius 2 is 2.02 bits per heavy atom. The van der Waals surface area contributed by atoms with Crippen LogP contribution in [0.1, 0.15) is 36.8 Å². The van der Waals surface area contributed by atoms with E-state index in [1.165, 1.54) is 0 Å². The topological polar surface area (TPSA) is 95.1 Å². The van der Waals surface area contributed by atoms with Crippen LogP contribution in [0.5, 0.6) is 6.01 Å². The molecule has 41 heavy (non-hydrogen) atoms. The maximum absolute atomic E-state index is 16.6. The fourth-order valence-corrected chi connectivity index (χ4v) is 6.81. The van der Waals surface area contributed by atoms with E-state index in [-0.39, 0.29) is 35.8 Å². The predicted molar refractivity (Wildman–Crippen MR) is 150 cm³/mol. The van der Waals surface area contributed by atoms with Gasteiger partial charge in [-0.25, -0.2) is 13.2 Å². The van der Waals surface area contributed by atoms with Gasteiger partial charge >= 0.3 is 6.01 Å². The summed E-state index contributed by atoms with van der Waals surface area (Å²) < 4.78 is 51.2. The van der Waals surface area contributed by atoms with Gasteiger partial charge in [-0.05, 0) is 70.3 Å². The maximum atomic E-state index is 16.6. The average Bonchev–Trinajstić information content (AvgIpc) is 3.67. The third-order valence-electron chi connectivity index (χ3n) is 9.28. The molecule has 3 aromatic heterocycles. The Hall–Kier alpha value is -3.51. The standard InChI is InChI=1S/C29H33F3N8O/c1-15-9-21-19(11-34-38-21)22(16(15)2)25-23(30)24-20(10-33-25)26(36-28(35-24)41-13-18-5-4-8-39(18)3)40-12-17-6-7-29(14-40,37-17)27(31)32/h9-11,17-18,27,37H,4-8,12-14H2,1-3H3,(H,34,38). The lowest BCUT2D eigenvalue weighted by Crippen LogP contribution is -2.63. The highest BCUT2D eigenvalue weighted by Crippen LogP contribution is 2.40. The largest absolute Gasteiger partial charge is 0.462 e. The van der Waals surface area contributed by atoms with E-state index in [0.29, 0.717) is 42.8 Å². The van der Waals surface area contributed by atoms with Gasteiger partial charge in [0, 0.05) is 42.3 Å². The van der Waals surface area contributed by atoms with Crippen LogP contribution in [0.25, 0.3) is 33.1 Å². The van der Waals surface area contributed by atoms with Crippen molar-refractivity contribution in [2.75, 3.05) is 38.2 Å². The molecule has 3 fully saturated rings. The summed E-state index contributed by atoms with van der Waals surface area (Å²) in [4.78, 5) is 17.9. The number of fused-ring (bicyclic) bond motifs is 4. The van der Waals surface area contributed by atoms with Crippen molar-refractivity contribution in [3.05, 3.63) is 35.4 Å². The number of aromatic amines is 1. The van der Waals surface area contributed by atoms with E-state index in [1.807, 2.05) is 31.9 Å². The van der Waals surface area contributed by atoms with Crippen LogP contribution in [-0.4, -0.2) is 87.4 Å². The summed E-state index contributed by atoms with van der Waals surface area (Å²) in [7, 11) is 2.05. The zero-order chi connectivity index (χ0) is 28.5. The molecule has 4 aromatic rings. The minimum atomic E-state index is -2.54. The molecule has 0 saturated carbocycles. The van der Waals surface area contributed by atoms with Crippen molar-refractivity contribution in [3.63, 3.8) is 0 Å². The summed E-state index contributed by atoms with van der Waals surface area (Å²) in [6.07, 6.45) is 3.77. The number of ether oxygens (including phenoxy) is 1. The van der Waals surface area contributed by atoms with Crippen molar-refractivity contribution >= 4 is 27.6 Å². The first-order chi connectivity index (χ1) is 19.7. The summed E-state index contributed by atoms with van der Waals surface area (Å²) >= 11 is 0. The number of pyridine rings is 1. The lowest BCUT2D eigenvalue weighted by molar-refractivity contribution is 0.0367. The van der Waals surface area contributed by atoms with Crippen LogP contribution in [-0.2, 0) is 0 Å². The van der Waals surface area contributed by atoms with Gasteiger partial charge in [-0.1, -0.05) is 0 Å². The first kappa shape index (κ1) is 26.4. The van der Waals surface area contributed by atoms with Gasteiger partial charge in [0.2, 0.25) is 0 Å². The summed E-state index contributed by atoms with van der Waals surface area (Å²) in [6, 6.07) is 2.11. The highest BCUT2D eigenvalue weighted by molar-refractivity contribution is 5.99. The van der Waals surface area contributed by atoms with Gasteiger partial charge < -0.3 is 19.9 Å². The lowest BCUT2D eigenvalue weighted by atomic mass is 9.96. The lowest BCUT2D eigenvalue weighted by Gasteiger charge is -2.41. The molecule has 3 saturated heterocycles. The average molecular weight is 567 g/mol. The van der Waals surface area contributed by atoms with E-state index in [4.69, 9.17) is 9.72 Å². The molecule has 7 rings (SSSR count).